The summed E-state index contributed by atoms with van der Waals surface area (Å²) >= 11 is 0. The average molecular weight is 384 g/mol. The van der Waals surface area contributed by atoms with E-state index in [1.54, 1.807) is 6.07 Å². The number of rotatable bonds is 3. The maximum absolute atomic E-state index is 9.12. The number of aryl methyl sites for hydroxylation is 1. The maximum Gasteiger partial charge on any atom is 0.290 e. The second kappa shape index (κ2) is 9.30. The van der Waals surface area contributed by atoms with Gasteiger partial charge in [-0.1, -0.05) is 6.07 Å². The van der Waals surface area contributed by atoms with Crippen LogP contribution in [0.15, 0.2) is 30.6 Å². The molecule has 4 heterocycles. The number of nitriles is 1. The Labute approximate surface area is 163 Å². The fourth-order valence-corrected chi connectivity index (χ4v) is 3.70. The highest BCUT2D eigenvalue weighted by Gasteiger charge is 2.34. The van der Waals surface area contributed by atoms with E-state index >= 15 is 0 Å². The van der Waals surface area contributed by atoms with Gasteiger partial charge in [0.2, 0.25) is 0 Å². The highest BCUT2D eigenvalue weighted by molar-refractivity contribution is 5.42. The zero-order chi connectivity index (χ0) is 19.9. The first-order valence-corrected chi connectivity index (χ1v) is 9.12. The van der Waals surface area contributed by atoms with E-state index in [9.17, 15) is 0 Å². The Balaban J connectivity index is 0.000000706. The summed E-state index contributed by atoms with van der Waals surface area (Å²) in [6.07, 6.45) is 3.83. The smallest absolute Gasteiger partial charge is 0.290 e. The van der Waals surface area contributed by atoms with Gasteiger partial charge < -0.3 is 19.3 Å². The van der Waals surface area contributed by atoms with Crippen molar-refractivity contribution in [1.82, 2.24) is 19.4 Å². The van der Waals surface area contributed by atoms with E-state index in [4.69, 9.17) is 19.9 Å². The molecule has 0 saturated carbocycles. The van der Waals surface area contributed by atoms with Gasteiger partial charge in [0.15, 0.2) is 0 Å². The molecule has 4 rings (SSSR count). The van der Waals surface area contributed by atoms with Gasteiger partial charge in [-0.05, 0) is 12.1 Å². The lowest BCUT2D eigenvalue weighted by atomic mass is 10.1. The van der Waals surface area contributed by atoms with Crippen molar-refractivity contribution in [2.75, 3.05) is 37.7 Å². The molecule has 2 fully saturated rings. The van der Waals surface area contributed by atoms with E-state index in [1.807, 2.05) is 31.6 Å². The van der Waals surface area contributed by atoms with Crippen LogP contribution in [-0.4, -0.2) is 69.9 Å². The molecule has 0 spiro atoms. The molecule has 28 heavy (non-hydrogen) atoms. The van der Waals surface area contributed by atoms with Crippen LogP contribution in [0.1, 0.15) is 11.5 Å². The Kier molecular flexibility index (Phi) is 6.57. The third-order valence-electron chi connectivity index (χ3n) is 5.02. The molecule has 9 nitrogen and oxygen atoms in total. The number of pyridine rings is 1. The van der Waals surface area contributed by atoms with Gasteiger partial charge in [-0.25, -0.2) is 9.97 Å². The molecule has 2 aromatic rings. The number of anilines is 1. The van der Waals surface area contributed by atoms with Gasteiger partial charge >= 0.3 is 0 Å². The fourth-order valence-electron chi connectivity index (χ4n) is 3.70. The third kappa shape index (κ3) is 4.65. The lowest BCUT2D eigenvalue weighted by Crippen LogP contribution is -2.44. The molecule has 0 unspecified atom stereocenters. The van der Waals surface area contributed by atoms with Crippen LogP contribution in [0.5, 0.6) is 0 Å². The van der Waals surface area contributed by atoms with Crippen LogP contribution in [0.25, 0.3) is 0 Å². The van der Waals surface area contributed by atoms with Crippen LogP contribution in [0.4, 0.5) is 5.82 Å². The molecule has 2 atom stereocenters. The van der Waals surface area contributed by atoms with Crippen molar-refractivity contribution in [2.24, 2.45) is 13.0 Å². The molecule has 1 N–H and O–H groups in total. The zero-order valence-electron chi connectivity index (χ0n) is 15.8. The van der Waals surface area contributed by atoms with Gasteiger partial charge in [-0.2, -0.15) is 5.26 Å². The highest BCUT2D eigenvalue weighted by atomic mass is 16.5. The second-order valence-electron chi connectivity index (χ2n) is 6.94. The largest absolute Gasteiger partial charge is 0.483 e. The van der Waals surface area contributed by atoms with E-state index in [0.29, 0.717) is 11.6 Å². The predicted molar refractivity (Wildman–Crippen MR) is 102 cm³/mol. The summed E-state index contributed by atoms with van der Waals surface area (Å²) in [6.45, 7) is 4.80. The maximum atomic E-state index is 9.12. The quantitative estimate of drug-likeness (QED) is 0.772. The minimum Gasteiger partial charge on any atom is -0.483 e. The van der Waals surface area contributed by atoms with Crippen LogP contribution in [0, 0.1) is 17.2 Å². The van der Waals surface area contributed by atoms with Crippen LogP contribution in [0.3, 0.4) is 0 Å². The Hall–Kier alpha value is -2.96. The van der Waals surface area contributed by atoms with Crippen molar-refractivity contribution in [1.29, 1.82) is 5.26 Å². The first kappa shape index (κ1) is 19.8. The Morgan fingerprint density at radius 2 is 2.18 bits per heavy atom. The molecule has 2 saturated heterocycles. The van der Waals surface area contributed by atoms with E-state index in [1.165, 1.54) is 0 Å². The molecule has 2 aliphatic heterocycles. The highest BCUT2D eigenvalue weighted by Crippen LogP contribution is 2.24. The van der Waals surface area contributed by atoms with Crippen molar-refractivity contribution >= 4 is 12.3 Å². The summed E-state index contributed by atoms with van der Waals surface area (Å²) in [5.41, 5.74) is 0.466. The van der Waals surface area contributed by atoms with Crippen molar-refractivity contribution in [2.45, 2.75) is 12.6 Å². The van der Waals surface area contributed by atoms with Gasteiger partial charge in [0, 0.05) is 45.0 Å². The standard InChI is InChI=1S/C18H22N6O.CH2O2/c1-22-6-5-20-18(22)11-23-8-14-9-24(10-16(23)13-25-12-14)17-4-2-3-15(7-19)21-17;2-1-3/h2-6,14,16H,8-13H2,1H3;1H,(H,2,3)/t14-,16+;/m1./s1. The molecule has 148 valence electrons. The summed E-state index contributed by atoms with van der Waals surface area (Å²) in [5.74, 6) is 2.37. The summed E-state index contributed by atoms with van der Waals surface area (Å²) in [4.78, 5) is 22.1. The number of aromatic nitrogens is 3. The summed E-state index contributed by atoms with van der Waals surface area (Å²) in [5, 5.41) is 16.0. The first-order chi connectivity index (χ1) is 13.6. The molecule has 2 bridgehead atoms. The van der Waals surface area contributed by atoms with Gasteiger partial charge in [0.1, 0.15) is 23.4 Å². The van der Waals surface area contributed by atoms with E-state index in [0.717, 1.165) is 51.0 Å². The first-order valence-electron chi connectivity index (χ1n) is 9.12. The molecule has 0 radical (unpaired) electrons. The zero-order valence-corrected chi connectivity index (χ0v) is 15.8. The number of hydrogen-bond acceptors (Lipinski definition) is 7. The van der Waals surface area contributed by atoms with E-state index in [-0.39, 0.29) is 12.5 Å². The summed E-state index contributed by atoms with van der Waals surface area (Å²) in [6, 6.07) is 8.07. The number of carboxylic acid groups (broad SMARTS) is 1. The summed E-state index contributed by atoms with van der Waals surface area (Å²) < 4.78 is 7.98. The predicted octanol–water partition coefficient (Wildman–Crippen LogP) is 0.725. The fraction of sp³-hybridized carbons (Fsp3) is 0.474. The van der Waals surface area contributed by atoms with Crippen LogP contribution in [-0.2, 0) is 23.1 Å². The minimum atomic E-state index is -0.250. The average Bonchev–Trinajstić information content (AvgIpc) is 2.89. The van der Waals surface area contributed by atoms with Crippen molar-refractivity contribution in [3.63, 3.8) is 0 Å². The molecular formula is C19H24N6O3. The lowest BCUT2D eigenvalue weighted by Gasteiger charge is -2.31. The topological polar surface area (TPSA) is 108 Å². The number of imidazole rings is 1. The molecule has 2 aromatic heterocycles. The summed E-state index contributed by atoms with van der Waals surface area (Å²) in [7, 11) is 2.03. The molecule has 0 aromatic carbocycles. The Morgan fingerprint density at radius 3 is 2.89 bits per heavy atom. The minimum absolute atomic E-state index is 0.250. The second-order valence-corrected chi connectivity index (χ2v) is 6.94. The number of carbonyl (C=O) groups is 1. The number of fused-ring (bicyclic) bond motifs is 3. The van der Waals surface area contributed by atoms with Crippen LogP contribution in [0.2, 0.25) is 0 Å². The normalized spacial score (nSPS) is 21.8. The molecule has 0 aliphatic carbocycles. The molecular weight excluding hydrogens is 360 g/mol. The molecule has 2 aliphatic rings. The van der Waals surface area contributed by atoms with Crippen molar-refractivity contribution in [3.05, 3.63) is 42.1 Å². The SMILES string of the molecule is Cn1ccnc1CN1C[C@H]2COC[C@@H]1CN(c1cccc(C#N)n1)C2.O=CO. The van der Waals surface area contributed by atoms with Crippen molar-refractivity contribution < 1.29 is 14.6 Å². The lowest BCUT2D eigenvalue weighted by molar-refractivity contribution is -0.122. The van der Waals surface area contributed by atoms with E-state index < -0.39 is 0 Å². The number of nitrogens with zero attached hydrogens (tertiary/aromatic N) is 6. The third-order valence-corrected chi connectivity index (χ3v) is 5.02. The number of ether oxygens (including phenoxy) is 1. The van der Waals surface area contributed by atoms with Crippen LogP contribution >= 0.6 is 0 Å². The van der Waals surface area contributed by atoms with E-state index in [2.05, 4.69) is 30.4 Å². The van der Waals surface area contributed by atoms with Crippen molar-refractivity contribution in [3.8, 4) is 6.07 Å². The monoisotopic (exact) mass is 384 g/mol. The molecule has 9 heteroatoms. The number of hydrogen-bond donors (Lipinski definition) is 1. The van der Waals surface area contributed by atoms with Crippen LogP contribution < -0.4 is 4.90 Å². The van der Waals surface area contributed by atoms with Gasteiger partial charge in [-0.15, -0.1) is 0 Å². The van der Waals surface area contributed by atoms with Gasteiger partial charge in [0.05, 0.1) is 25.8 Å². The Morgan fingerprint density at radius 1 is 1.36 bits per heavy atom. The Bertz CT molecular complexity index is 833. The van der Waals surface area contributed by atoms with Gasteiger partial charge in [0.25, 0.3) is 6.47 Å². The molecule has 0 amide bonds. The van der Waals surface area contributed by atoms with Gasteiger partial charge in [-0.3, -0.25) is 9.69 Å².